The molecule has 1 heterocycles. The first kappa shape index (κ1) is 16.1. The first-order valence-corrected chi connectivity index (χ1v) is 8.27. The number of phenols is 1. The smallest absolute Gasteiger partial charge is 0.207 e. The lowest BCUT2D eigenvalue weighted by Gasteiger charge is -2.11. The van der Waals surface area contributed by atoms with Gasteiger partial charge in [-0.3, -0.25) is 0 Å². The molecule has 1 N–H and O–H groups in total. The molecule has 3 nitrogen and oxygen atoms in total. The summed E-state index contributed by atoms with van der Waals surface area (Å²) in [6.45, 7) is 0.117. The number of fused-ring (bicyclic) bond motifs is 1. The number of aromatic hydroxyl groups is 1. The average molecular weight is 345 g/mol. The summed E-state index contributed by atoms with van der Waals surface area (Å²) in [6, 6.07) is 23.9. The number of hydrogen-bond donors (Lipinski definition) is 1. The van der Waals surface area contributed by atoms with Gasteiger partial charge in [-0.1, -0.05) is 54.6 Å². The van der Waals surface area contributed by atoms with E-state index in [0.29, 0.717) is 11.3 Å². The second kappa shape index (κ2) is 6.84. The lowest BCUT2D eigenvalue weighted by atomic mass is 10.0. The van der Waals surface area contributed by atoms with E-state index in [-0.39, 0.29) is 12.4 Å². The Morgan fingerprint density at radius 1 is 0.846 bits per heavy atom. The summed E-state index contributed by atoms with van der Waals surface area (Å²) in [6.07, 6.45) is 0. The zero-order valence-electron chi connectivity index (χ0n) is 13.9. The predicted molar refractivity (Wildman–Crippen MR) is 99.6 cm³/mol. The van der Waals surface area contributed by atoms with Gasteiger partial charge in [0.1, 0.15) is 6.61 Å². The molecular formula is C22H16FNO2. The molecule has 0 bridgehead atoms. The van der Waals surface area contributed by atoms with Gasteiger partial charge >= 0.3 is 0 Å². The van der Waals surface area contributed by atoms with Crippen LogP contribution in [0, 0.1) is 5.82 Å². The molecule has 4 heteroatoms. The molecule has 0 aliphatic rings. The van der Waals surface area contributed by atoms with Gasteiger partial charge in [-0.05, 0) is 29.8 Å². The Morgan fingerprint density at radius 2 is 1.62 bits per heavy atom. The Balaban J connectivity index is 1.57. The summed E-state index contributed by atoms with van der Waals surface area (Å²) >= 11 is 0. The van der Waals surface area contributed by atoms with Crippen LogP contribution in [0.3, 0.4) is 0 Å². The number of aromatic nitrogens is 1. The number of hydrogen-bond acceptors (Lipinski definition) is 3. The van der Waals surface area contributed by atoms with Crippen LogP contribution in [0.2, 0.25) is 0 Å². The van der Waals surface area contributed by atoms with E-state index in [4.69, 9.17) is 4.74 Å². The number of rotatable bonds is 4. The molecule has 0 aliphatic carbocycles. The van der Waals surface area contributed by atoms with E-state index in [1.807, 2.05) is 66.7 Å². The van der Waals surface area contributed by atoms with Crippen molar-refractivity contribution in [2.24, 2.45) is 0 Å². The molecule has 26 heavy (non-hydrogen) atoms. The molecule has 3 aromatic carbocycles. The van der Waals surface area contributed by atoms with Gasteiger partial charge in [0.05, 0.1) is 11.2 Å². The first-order chi connectivity index (χ1) is 12.7. The Kier molecular flexibility index (Phi) is 4.23. The monoisotopic (exact) mass is 345 g/mol. The molecule has 0 amide bonds. The SMILES string of the molecule is Oc1c(-c2ccccc2)ccc(OCc2ccc3ccccc3n2)c1F. The van der Waals surface area contributed by atoms with E-state index in [2.05, 4.69) is 4.98 Å². The van der Waals surface area contributed by atoms with Crippen molar-refractivity contribution >= 4 is 10.9 Å². The second-order valence-corrected chi connectivity index (χ2v) is 5.92. The van der Waals surface area contributed by atoms with Crippen molar-refractivity contribution in [1.82, 2.24) is 4.98 Å². The van der Waals surface area contributed by atoms with E-state index in [1.165, 1.54) is 6.07 Å². The fraction of sp³-hybridized carbons (Fsp3) is 0.0455. The maximum atomic E-state index is 14.5. The Morgan fingerprint density at radius 3 is 2.46 bits per heavy atom. The van der Waals surface area contributed by atoms with E-state index < -0.39 is 11.6 Å². The van der Waals surface area contributed by atoms with Crippen LogP contribution in [-0.2, 0) is 6.61 Å². The Labute approximate surface area is 150 Å². The van der Waals surface area contributed by atoms with Crippen LogP contribution in [0.4, 0.5) is 4.39 Å². The molecule has 0 saturated carbocycles. The van der Waals surface area contributed by atoms with Crippen LogP contribution in [0.15, 0.2) is 78.9 Å². The highest BCUT2D eigenvalue weighted by Crippen LogP contribution is 2.36. The van der Waals surface area contributed by atoms with Gasteiger partial charge in [0.25, 0.3) is 0 Å². The summed E-state index contributed by atoms with van der Waals surface area (Å²) in [4.78, 5) is 4.50. The highest BCUT2D eigenvalue weighted by atomic mass is 19.1. The summed E-state index contributed by atoms with van der Waals surface area (Å²) in [5, 5.41) is 11.2. The minimum Gasteiger partial charge on any atom is -0.504 e. The van der Waals surface area contributed by atoms with Gasteiger partial charge in [0, 0.05) is 10.9 Å². The average Bonchev–Trinajstić information content (AvgIpc) is 2.69. The highest BCUT2D eigenvalue weighted by molar-refractivity contribution is 5.78. The molecule has 0 aliphatic heterocycles. The molecule has 0 radical (unpaired) electrons. The third kappa shape index (κ3) is 3.09. The zero-order valence-corrected chi connectivity index (χ0v) is 13.9. The Bertz CT molecular complexity index is 1060. The van der Waals surface area contributed by atoms with Crippen molar-refractivity contribution in [3.8, 4) is 22.6 Å². The third-order valence-corrected chi connectivity index (χ3v) is 4.20. The van der Waals surface area contributed by atoms with Crippen LogP contribution < -0.4 is 4.74 Å². The molecule has 1 aromatic heterocycles. The lowest BCUT2D eigenvalue weighted by molar-refractivity contribution is 0.281. The molecule has 4 rings (SSSR count). The minimum atomic E-state index is -0.771. The second-order valence-electron chi connectivity index (χ2n) is 5.92. The summed E-state index contributed by atoms with van der Waals surface area (Å²) < 4.78 is 20.1. The molecule has 0 saturated heterocycles. The van der Waals surface area contributed by atoms with Crippen LogP contribution in [-0.4, -0.2) is 10.1 Å². The molecular weight excluding hydrogens is 329 g/mol. The molecule has 0 atom stereocenters. The zero-order chi connectivity index (χ0) is 17.9. The minimum absolute atomic E-state index is 0.00265. The number of ether oxygens (including phenoxy) is 1. The van der Waals surface area contributed by atoms with E-state index in [0.717, 1.165) is 16.5 Å². The van der Waals surface area contributed by atoms with E-state index in [9.17, 15) is 9.50 Å². The fourth-order valence-corrected chi connectivity index (χ4v) is 2.85. The van der Waals surface area contributed by atoms with E-state index in [1.54, 1.807) is 6.07 Å². The van der Waals surface area contributed by atoms with Gasteiger partial charge in [-0.25, -0.2) is 4.98 Å². The number of halogens is 1. The number of nitrogens with zero attached hydrogens (tertiary/aromatic N) is 1. The van der Waals surface area contributed by atoms with Crippen molar-refractivity contribution in [3.63, 3.8) is 0 Å². The number of para-hydroxylation sites is 1. The predicted octanol–water partition coefficient (Wildman–Crippen LogP) is 5.33. The number of pyridine rings is 1. The molecule has 128 valence electrons. The summed E-state index contributed by atoms with van der Waals surface area (Å²) in [7, 11) is 0. The quantitative estimate of drug-likeness (QED) is 0.544. The van der Waals surface area contributed by atoms with Gasteiger partial charge in [-0.2, -0.15) is 4.39 Å². The fourth-order valence-electron chi connectivity index (χ4n) is 2.85. The van der Waals surface area contributed by atoms with Crippen molar-refractivity contribution in [2.75, 3.05) is 0 Å². The van der Waals surface area contributed by atoms with Gasteiger partial charge < -0.3 is 9.84 Å². The topological polar surface area (TPSA) is 42.4 Å². The van der Waals surface area contributed by atoms with Gasteiger partial charge in [0.2, 0.25) is 5.82 Å². The molecule has 0 spiro atoms. The number of benzene rings is 3. The normalized spacial score (nSPS) is 10.8. The molecule has 4 aromatic rings. The maximum absolute atomic E-state index is 14.5. The summed E-state index contributed by atoms with van der Waals surface area (Å²) in [5.74, 6) is -1.19. The maximum Gasteiger partial charge on any atom is 0.207 e. The van der Waals surface area contributed by atoms with Crippen LogP contribution in [0.1, 0.15) is 5.69 Å². The third-order valence-electron chi connectivity index (χ3n) is 4.20. The largest absolute Gasteiger partial charge is 0.504 e. The molecule has 0 fully saturated rings. The van der Waals surface area contributed by atoms with Crippen LogP contribution >= 0.6 is 0 Å². The van der Waals surface area contributed by atoms with Crippen molar-refractivity contribution in [2.45, 2.75) is 6.61 Å². The van der Waals surface area contributed by atoms with Gasteiger partial charge in [-0.15, -0.1) is 0 Å². The highest BCUT2D eigenvalue weighted by Gasteiger charge is 2.15. The first-order valence-electron chi connectivity index (χ1n) is 8.27. The summed E-state index contributed by atoms with van der Waals surface area (Å²) in [5.41, 5.74) is 2.72. The van der Waals surface area contributed by atoms with Gasteiger partial charge in [0.15, 0.2) is 11.5 Å². The Hall–Kier alpha value is -3.40. The standard InChI is InChI=1S/C22H16FNO2/c23-21-20(13-12-18(22(21)25)15-6-2-1-3-7-15)26-14-17-11-10-16-8-4-5-9-19(16)24-17/h1-13,25H,14H2. The lowest BCUT2D eigenvalue weighted by Crippen LogP contribution is -2.00. The van der Waals surface area contributed by atoms with Crippen LogP contribution in [0.25, 0.3) is 22.0 Å². The van der Waals surface area contributed by atoms with Crippen molar-refractivity contribution < 1.29 is 14.2 Å². The van der Waals surface area contributed by atoms with Crippen LogP contribution in [0.5, 0.6) is 11.5 Å². The van der Waals surface area contributed by atoms with Crippen molar-refractivity contribution in [1.29, 1.82) is 0 Å². The molecule has 0 unspecified atom stereocenters. The number of phenolic OH excluding ortho intramolecular Hbond substituents is 1. The van der Waals surface area contributed by atoms with Crippen molar-refractivity contribution in [3.05, 3.63) is 90.4 Å². The van der Waals surface area contributed by atoms with E-state index >= 15 is 0 Å².